The van der Waals surface area contributed by atoms with Gasteiger partial charge < -0.3 is 20.1 Å². The molecule has 1 heterocycles. The highest BCUT2D eigenvalue weighted by atomic mass is 16.5. The smallest absolute Gasteiger partial charge is 0.145 e. The molecule has 0 aliphatic carbocycles. The van der Waals surface area contributed by atoms with E-state index < -0.39 is 6.10 Å². The summed E-state index contributed by atoms with van der Waals surface area (Å²) in [5, 5.41) is 13.5. The zero-order valence-electron chi connectivity index (χ0n) is 15.8. The van der Waals surface area contributed by atoms with E-state index in [9.17, 15) is 9.90 Å². The Kier molecular flexibility index (Phi) is 9.26. The van der Waals surface area contributed by atoms with Gasteiger partial charge in [0.25, 0.3) is 0 Å². The van der Waals surface area contributed by atoms with Crippen LogP contribution < -0.4 is 10.1 Å². The lowest BCUT2D eigenvalue weighted by atomic mass is 10.0. The first-order valence-corrected chi connectivity index (χ1v) is 9.81. The van der Waals surface area contributed by atoms with Crippen LogP contribution in [-0.2, 0) is 4.79 Å². The minimum absolute atomic E-state index is 0.317. The number of nitrogens with one attached hydrogen (secondary N) is 1. The lowest BCUT2D eigenvalue weighted by molar-refractivity contribution is 0.0977. The van der Waals surface area contributed by atoms with Crippen LogP contribution in [0.2, 0.25) is 0 Å². The number of para-hydroxylation sites is 1. The predicted molar refractivity (Wildman–Crippen MR) is 104 cm³/mol. The van der Waals surface area contributed by atoms with Gasteiger partial charge in [0, 0.05) is 25.6 Å². The van der Waals surface area contributed by atoms with E-state index in [-0.39, 0.29) is 0 Å². The molecule has 1 aliphatic rings. The highest BCUT2D eigenvalue weighted by Crippen LogP contribution is 2.19. The van der Waals surface area contributed by atoms with Crippen LogP contribution >= 0.6 is 0 Å². The molecule has 1 aromatic rings. The molecule has 1 aromatic carbocycles. The van der Waals surface area contributed by atoms with E-state index in [0.29, 0.717) is 19.1 Å². The minimum atomic E-state index is -0.460. The average Bonchev–Trinajstić information content (AvgIpc) is 2.69. The Morgan fingerprint density at radius 2 is 2.15 bits per heavy atom. The number of piperidine rings is 1. The third kappa shape index (κ3) is 7.20. The number of aliphatic hydroxyl groups is 1. The van der Waals surface area contributed by atoms with Crippen LogP contribution in [0.3, 0.4) is 0 Å². The summed E-state index contributed by atoms with van der Waals surface area (Å²) in [6, 6.07) is 9.89. The summed E-state index contributed by atoms with van der Waals surface area (Å²) in [6.07, 6.45) is 5.19. The number of carbonyl (C=O) groups excluding carboxylic acids is 1. The molecule has 0 bridgehead atoms. The van der Waals surface area contributed by atoms with Crippen LogP contribution in [0.5, 0.6) is 5.75 Å². The van der Waals surface area contributed by atoms with Crippen molar-refractivity contribution < 1.29 is 14.6 Å². The fourth-order valence-electron chi connectivity index (χ4n) is 3.22. The summed E-state index contributed by atoms with van der Waals surface area (Å²) in [5.41, 5.74) is 0.804. The van der Waals surface area contributed by atoms with E-state index in [1.807, 2.05) is 30.3 Å². The fourth-order valence-corrected chi connectivity index (χ4v) is 3.22. The van der Waals surface area contributed by atoms with E-state index in [4.69, 9.17) is 4.74 Å². The third-order valence-corrected chi connectivity index (χ3v) is 4.80. The maximum atomic E-state index is 11.2. The lowest BCUT2D eigenvalue weighted by Crippen LogP contribution is -2.42. The van der Waals surface area contributed by atoms with Gasteiger partial charge in [0.1, 0.15) is 24.0 Å². The van der Waals surface area contributed by atoms with Crippen LogP contribution in [0.25, 0.3) is 0 Å². The molecular formula is C21H32N2O3. The van der Waals surface area contributed by atoms with Gasteiger partial charge in [-0.25, -0.2) is 4.79 Å². The number of hydrogen-bond donors (Lipinski definition) is 2. The van der Waals surface area contributed by atoms with Gasteiger partial charge in [0.15, 0.2) is 0 Å². The Bertz CT molecular complexity index is 558. The molecule has 144 valence electrons. The van der Waals surface area contributed by atoms with E-state index in [0.717, 1.165) is 63.2 Å². The van der Waals surface area contributed by atoms with Crippen molar-refractivity contribution in [1.82, 2.24) is 10.2 Å². The second kappa shape index (κ2) is 11.7. The van der Waals surface area contributed by atoms with Crippen LogP contribution in [-0.4, -0.2) is 54.3 Å². The SMILES string of the molecule is CCCCN1CCC(NCCCC(O)COc2ccccc2)CC1=C=O. The van der Waals surface area contributed by atoms with Gasteiger partial charge in [-0.15, -0.1) is 0 Å². The number of unbranched alkanes of at least 4 members (excludes halogenated alkanes) is 1. The van der Waals surface area contributed by atoms with Crippen LogP contribution in [0, 0.1) is 0 Å². The number of ether oxygens (including phenoxy) is 1. The maximum Gasteiger partial charge on any atom is 0.145 e. The van der Waals surface area contributed by atoms with Gasteiger partial charge in [-0.05, 0) is 44.4 Å². The second-order valence-corrected chi connectivity index (χ2v) is 6.95. The van der Waals surface area contributed by atoms with Crippen LogP contribution in [0.15, 0.2) is 36.0 Å². The molecule has 1 fully saturated rings. The number of nitrogens with zero attached hydrogens (tertiary/aromatic N) is 1. The molecule has 1 aliphatic heterocycles. The summed E-state index contributed by atoms with van der Waals surface area (Å²) in [5.74, 6) is 2.91. The lowest BCUT2D eigenvalue weighted by Gasteiger charge is -2.34. The fraction of sp³-hybridized carbons (Fsp3) is 0.619. The van der Waals surface area contributed by atoms with E-state index in [2.05, 4.69) is 23.1 Å². The molecule has 0 spiro atoms. The van der Waals surface area contributed by atoms with Crippen molar-refractivity contribution >= 4 is 5.94 Å². The second-order valence-electron chi connectivity index (χ2n) is 6.95. The summed E-state index contributed by atoms with van der Waals surface area (Å²) >= 11 is 0. The van der Waals surface area contributed by atoms with Crippen molar-refractivity contribution in [3.8, 4) is 5.75 Å². The molecule has 5 heteroatoms. The molecule has 2 atom stereocenters. The van der Waals surface area contributed by atoms with Gasteiger partial charge in [-0.2, -0.15) is 0 Å². The quantitative estimate of drug-likeness (QED) is 0.469. The van der Waals surface area contributed by atoms with Crippen molar-refractivity contribution in [2.75, 3.05) is 26.2 Å². The Morgan fingerprint density at radius 1 is 1.35 bits per heavy atom. The van der Waals surface area contributed by atoms with Crippen molar-refractivity contribution in [3.05, 3.63) is 36.0 Å². The molecular weight excluding hydrogens is 328 g/mol. The van der Waals surface area contributed by atoms with Gasteiger partial charge in [-0.1, -0.05) is 31.5 Å². The number of aliphatic hydroxyl groups excluding tert-OH is 1. The summed E-state index contributed by atoms with van der Waals surface area (Å²) in [4.78, 5) is 13.4. The van der Waals surface area contributed by atoms with Gasteiger partial charge in [0.2, 0.25) is 0 Å². The number of likely N-dealkylation sites (tertiary alicyclic amines) is 1. The van der Waals surface area contributed by atoms with Gasteiger partial charge >= 0.3 is 0 Å². The first kappa shape index (κ1) is 20.5. The predicted octanol–water partition coefficient (Wildman–Crippen LogP) is 2.78. The van der Waals surface area contributed by atoms with E-state index >= 15 is 0 Å². The molecule has 0 amide bonds. The highest BCUT2D eigenvalue weighted by molar-refractivity contribution is 5.52. The molecule has 0 saturated carbocycles. The van der Waals surface area contributed by atoms with Crippen molar-refractivity contribution in [2.24, 2.45) is 0 Å². The Hall–Kier alpha value is -1.81. The zero-order chi connectivity index (χ0) is 18.6. The maximum absolute atomic E-state index is 11.2. The molecule has 1 saturated heterocycles. The molecule has 2 rings (SSSR count). The monoisotopic (exact) mass is 360 g/mol. The largest absolute Gasteiger partial charge is 0.491 e. The first-order valence-electron chi connectivity index (χ1n) is 9.81. The number of hydrogen-bond acceptors (Lipinski definition) is 5. The minimum Gasteiger partial charge on any atom is -0.491 e. The van der Waals surface area contributed by atoms with Gasteiger partial charge in [0.05, 0.1) is 6.10 Å². The van der Waals surface area contributed by atoms with E-state index in [1.165, 1.54) is 0 Å². The zero-order valence-corrected chi connectivity index (χ0v) is 15.8. The molecule has 5 nitrogen and oxygen atoms in total. The standard InChI is InChI=1S/C21H32N2O3/c1-2-3-13-23-14-11-18(15-19(23)16-24)22-12-7-8-20(25)17-26-21-9-5-4-6-10-21/h4-6,9-10,18,20,22,25H,2-3,7-8,11-15,17H2,1H3. The third-order valence-electron chi connectivity index (χ3n) is 4.80. The Labute approximate surface area is 157 Å². The average molecular weight is 360 g/mol. The number of rotatable bonds is 11. The van der Waals surface area contributed by atoms with Crippen LogP contribution in [0.4, 0.5) is 0 Å². The normalized spacial score (nSPS) is 18.5. The van der Waals surface area contributed by atoms with Gasteiger partial charge in [-0.3, -0.25) is 0 Å². The molecule has 26 heavy (non-hydrogen) atoms. The molecule has 0 aromatic heterocycles. The summed E-state index contributed by atoms with van der Waals surface area (Å²) < 4.78 is 5.57. The van der Waals surface area contributed by atoms with Crippen molar-refractivity contribution in [2.45, 2.75) is 57.6 Å². The molecule has 2 unspecified atom stereocenters. The van der Waals surface area contributed by atoms with Crippen molar-refractivity contribution in [3.63, 3.8) is 0 Å². The number of benzene rings is 1. The topological polar surface area (TPSA) is 61.8 Å². The van der Waals surface area contributed by atoms with Crippen LogP contribution in [0.1, 0.15) is 45.4 Å². The summed E-state index contributed by atoms with van der Waals surface area (Å²) in [6.45, 7) is 5.21. The molecule has 0 radical (unpaired) electrons. The van der Waals surface area contributed by atoms with E-state index in [1.54, 1.807) is 0 Å². The highest BCUT2D eigenvalue weighted by Gasteiger charge is 2.23. The first-order chi connectivity index (χ1) is 12.7. The van der Waals surface area contributed by atoms with Crippen molar-refractivity contribution in [1.29, 1.82) is 0 Å². The Balaban J connectivity index is 1.59. The summed E-state index contributed by atoms with van der Waals surface area (Å²) in [7, 11) is 0. The Morgan fingerprint density at radius 3 is 2.88 bits per heavy atom. The molecule has 2 N–H and O–H groups in total.